The molecule has 1 atom stereocenters. The van der Waals surface area contributed by atoms with Crippen molar-refractivity contribution in [3.63, 3.8) is 0 Å². The number of hydrogen-bond acceptors (Lipinski definition) is 2. The molecule has 1 rings (SSSR count). The maximum Gasteiger partial charge on any atom is 0.141 e. The Morgan fingerprint density at radius 2 is 1.79 bits per heavy atom. The Hall–Kier alpha value is -1.18. The molecule has 0 radical (unpaired) electrons. The summed E-state index contributed by atoms with van der Waals surface area (Å²) < 4.78 is 5.26. The maximum atomic E-state index is 5.26. The SMILES string of the molecule is COc1ccccc1NC(C)C(C)C. The van der Waals surface area contributed by atoms with Gasteiger partial charge in [-0.3, -0.25) is 0 Å². The third kappa shape index (κ3) is 2.66. The van der Waals surface area contributed by atoms with Gasteiger partial charge in [0.25, 0.3) is 0 Å². The first-order valence-electron chi connectivity index (χ1n) is 5.04. The Labute approximate surface area is 86.3 Å². The average molecular weight is 193 g/mol. The molecule has 0 aromatic heterocycles. The summed E-state index contributed by atoms with van der Waals surface area (Å²) in [6.07, 6.45) is 0. The van der Waals surface area contributed by atoms with Gasteiger partial charge in [-0.25, -0.2) is 0 Å². The van der Waals surface area contributed by atoms with Gasteiger partial charge in [-0.1, -0.05) is 26.0 Å². The van der Waals surface area contributed by atoms with Crippen molar-refractivity contribution in [1.29, 1.82) is 0 Å². The number of nitrogens with one attached hydrogen (secondary N) is 1. The van der Waals surface area contributed by atoms with Gasteiger partial charge in [-0.05, 0) is 25.0 Å². The van der Waals surface area contributed by atoms with Crippen molar-refractivity contribution >= 4 is 5.69 Å². The Bertz CT molecular complexity index is 283. The van der Waals surface area contributed by atoms with Crippen LogP contribution in [0.1, 0.15) is 20.8 Å². The molecule has 2 nitrogen and oxygen atoms in total. The van der Waals surface area contributed by atoms with Crippen LogP contribution >= 0.6 is 0 Å². The lowest BCUT2D eigenvalue weighted by molar-refractivity contribution is 0.415. The number of ether oxygens (including phenoxy) is 1. The van der Waals surface area contributed by atoms with Crippen molar-refractivity contribution < 1.29 is 4.74 Å². The van der Waals surface area contributed by atoms with Crippen LogP contribution < -0.4 is 10.1 Å². The highest BCUT2D eigenvalue weighted by atomic mass is 16.5. The largest absolute Gasteiger partial charge is 0.495 e. The van der Waals surface area contributed by atoms with Gasteiger partial charge in [-0.2, -0.15) is 0 Å². The van der Waals surface area contributed by atoms with Crippen LogP contribution in [0.4, 0.5) is 5.69 Å². The van der Waals surface area contributed by atoms with E-state index in [0.29, 0.717) is 12.0 Å². The molecule has 0 aliphatic carbocycles. The molecule has 0 saturated carbocycles. The molecule has 14 heavy (non-hydrogen) atoms. The Morgan fingerprint density at radius 3 is 2.36 bits per heavy atom. The van der Waals surface area contributed by atoms with Crippen LogP contribution in [0, 0.1) is 5.92 Å². The monoisotopic (exact) mass is 193 g/mol. The van der Waals surface area contributed by atoms with Crippen molar-refractivity contribution in [2.75, 3.05) is 12.4 Å². The van der Waals surface area contributed by atoms with Crippen LogP contribution in [0.15, 0.2) is 24.3 Å². The van der Waals surface area contributed by atoms with Gasteiger partial charge >= 0.3 is 0 Å². The molecule has 0 amide bonds. The van der Waals surface area contributed by atoms with E-state index in [9.17, 15) is 0 Å². The van der Waals surface area contributed by atoms with Crippen LogP contribution in [0.2, 0.25) is 0 Å². The summed E-state index contributed by atoms with van der Waals surface area (Å²) in [5, 5.41) is 3.44. The molecule has 1 aromatic carbocycles. The van der Waals surface area contributed by atoms with Crippen LogP contribution in [0.25, 0.3) is 0 Å². The van der Waals surface area contributed by atoms with Crippen LogP contribution in [0.5, 0.6) is 5.75 Å². The lowest BCUT2D eigenvalue weighted by Crippen LogP contribution is -2.21. The number of hydrogen-bond donors (Lipinski definition) is 1. The van der Waals surface area contributed by atoms with Crippen LogP contribution in [-0.2, 0) is 0 Å². The highest BCUT2D eigenvalue weighted by Gasteiger charge is 2.08. The first kappa shape index (κ1) is 10.9. The van der Waals surface area contributed by atoms with E-state index < -0.39 is 0 Å². The fourth-order valence-electron chi connectivity index (χ4n) is 1.18. The minimum Gasteiger partial charge on any atom is -0.495 e. The summed E-state index contributed by atoms with van der Waals surface area (Å²) in [5.74, 6) is 1.51. The molecule has 0 bridgehead atoms. The lowest BCUT2D eigenvalue weighted by atomic mass is 10.1. The molecular formula is C12H19NO. The van der Waals surface area contributed by atoms with Crippen molar-refractivity contribution in [2.24, 2.45) is 5.92 Å². The molecule has 1 N–H and O–H groups in total. The number of rotatable bonds is 4. The Morgan fingerprint density at radius 1 is 1.14 bits per heavy atom. The zero-order valence-electron chi connectivity index (χ0n) is 9.37. The van der Waals surface area contributed by atoms with E-state index in [1.54, 1.807) is 7.11 Å². The van der Waals surface area contributed by atoms with E-state index in [0.717, 1.165) is 11.4 Å². The highest BCUT2D eigenvalue weighted by molar-refractivity contribution is 5.56. The smallest absolute Gasteiger partial charge is 0.141 e. The lowest BCUT2D eigenvalue weighted by Gasteiger charge is -2.20. The second-order valence-electron chi connectivity index (χ2n) is 3.88. The molecule has 0 heterocycles. The first-order chi connectivity index (χ1) is 6.65. The standard InChI is InChI=1S/C12H19NO/c1-9(2)10(3)13-11-7-5-6-8-12(11)14-4/h5-10,13H,1-4H3. The number of anilines is 1. The molecule has 2 heteroatoms. The minimum absolute atomic E-state index is 0.450. The third-order valence-corrected chi connectivity index (χ3v) is 2.49. The predicted octanol–water partition coefficient (Wildman–Crippen LogP) is 3.15. The van der Waals surface area contributed by atoms with Gasteiger partial charge in [0.15, 0.2) is 0 Å². The zero-order chi connectivity index (χ0) is 10.6. The molecule has 1 aromatic rings. The maximum absolute atomic E-state index is 5.26. The van der Waals surface area contributed by atoms with E-state index in [2.05, 4.69) is 26.1 Å². The minimum atomic E-state index is 0.450. The topological polar surface area (TPSA) is 21.3 Å². The molecule has 1 unspecified atom stereocenters. The molecule has 78 valence electrons. The van der Waals surface area contributed by atoms with E-state index in [1.165, 1.54) is 0 Å². The Kier molecular flexibility index (Phi) is 3.81. The average Bonchev–Trinajstić information content (AvgIpc) is 2.18. The van der Waals surface area contributed by atoms with Gasteiger partial charge < -0.3 is 10.1 Å². The zero-order valence-corrected chi connectivity index (χ0v) is 9.37. The second kappa shape index (κ2) is 4.89. The molecule has 0 aliphatic rings. The summed E-state index contributed by atoms with van der Waals surface area (Å²) in [6.45, 7) is 6.58. The number of benzene rings is 1. The van der Waals surface area contributed by atoms with Gasteiger partial charge in [-0.15, -0.1) is 0 Å². The van der Waals surface area contributed by atoms with Gasteiger partial charge in [0.2, 0.25) is 0 Å². The summed E-state index contributed by atoms with van der Waals surface area (Å²) >= 11 is 0. The van der Waals surface area contributed by atoms with Crippen molar-refractivity contribution in [3.05, 3.63) is 24.3 Å². The quantitative estimate of drug-likeness (QED) is 0.793. The van der Waals surface area contributed by atoms with Crippen LogP contribution in [-0.4, -0.2) is 13.2 Å². The second-order valence-corrected chi connectivity index (χ2v) is 3.88. The summed E-state index contributed by atoms with van der Waals surface area (Å²) in [7, 11) is 1.69. The third-order valence-electron chi connectivity index (χ3n) is 2.49. The fraction of sp³-hybridized carbons (Fsp3) is 0.500. The van der Waals surface area contributed by atoms with Crippen molar-refractivity contribution in [2.45, 2.75) is 26.8 Å². The molecule has 0 saturated heterocycles. The van der Waals surface area contributed by atoms with Gasteiger partial charge in [0, 0.05) is 6.04 Å². The first-order valence-corrected chi connectivity index (χ1v) is 5.04. The normalized spacial score (nSPS) is 12.6. The highest BCUT2D eigenvalue weighted by Crippen LogP contribution is 2.24. The summed E-state index contributed by atoms with van der Waals surface area (Å²) in [4.78, 5) is 0. The van der Waals surface area contributed by atoms with E-state index in [-0.39, 0.29) is 0 Å². The van der Waals surface area contributed by atoms with Crippen LogP contribution in [0.3, 0.4) is 0 Å². The van der Waals surface area contributed by atoms with E-state index in [1.807, 2.05) is 24.3 Å². The molecule has 0 spiro atoms. The van der Waals surface area contributed by atoms with Gasteiger partial charge in [0.05, 0.1) is 12.8 Å². The molecular weight excluding hydrogens is 174 g/mol. The summed E-state index contributed by atoms with van der Waals surface area (Å²) in [5.41, 5.74) is 1.07. The number of methoxy groups -OCH3 is 1. The molecule has 0 fully saturated rings. The molecule has 0 aliphatic heterocycles. The summed E-state index contributed by atoms with van der Waals surface area (Å²) in [6, 6.07) is 8.45. The van der Waals surface area contributed by atoms with Crippen molar-refractivity contribution in [3.8, 4) is 5.75 Å². The predicted molar refractivity (Wildman–Crippen MR) is 60.9 cm³/mol. The van der Waals surface area contributed by atoms with E-state index in [4.69, 9.17) is 4.74 Å². The van der Waals surface area contributed by atoms with Gasteiger partial charge in [0.1, 0.15) is 5.75 Å². The van der Waals surface area contributed by atoms with Crippen molar-refractivity contribution in [1.82, 2.24) is 0 Å². The number of para-hydroxylation sites is 2. The Balaban J connectivity index is 2.75. The fourth-order valence-corrected chi connectivity index (χ4v) is 1.18. The van der Waals surface area contributed by atoms with E-state index >= 15 is 0 Å².